The average molecular weight is 268 g/mol. The van der Waals surface area contributed by atoms with Crippen LogP contribution >= 0.6 is 15.9 Å². The number of benzene rings is 1. The van der Waals surface area contributed by atoms with Gasteiger partial charge in [0.15, 0.2) is 0 Å². The van der Waals surface area contributed by atoms with E-state index >= 15 is 0 Å². The van der Waals surface area contributed by atoms with E-state index in [1.165, 1.54) is 11.9 Å². The summed E-state index contributed by atoms with van der Waals surface area (Å²) in [4.78, 5) is 24.5. The standard InChI is InChI=1S/C11H10BrNO2/c1-6-3-8-7(9(12)4-6)5-10(14)13(2)11(8)15/h3-4H,5H2,1-2H3. The van der Waals surface area contributed by atoms with Crippen LogP contribution in [0, 0.1) is 6.92 Å². The van der Waals surface area contributed by atoms with Crippen molar-refractivity contribution in [1.29, 1.82) is 0 Å². The van der Waals surface area contributed by atoms with Gasteiger partial charge in [-0.05, 0) is 30.2 Å². The van der Waals surface area contributed by atoms with Crippen LogP contribution in [0.1, 0.15) is 21.5 Å². The highest BCUT2D eigenvalue weighted by Crippen LogP contribution is 2.27. The first kappa shape index (κ1) is 10.4. The number of hydrogen-bond acceptors (Lipinski definition) is 2. The molecule has 3 nitrogen and oxygen atoms in total. The number of fused-ring (bicyclic) bond motifs is 1. The fourth-order valence-corrected chi connectivity index (χ4v) is 2.42. The first-order valence-electron chi connectivity index (χ1n) is 4.60. The van der Waals surface area contributed by atoms with E-state index in [4.69, 9.17) is 0 Å². The van der Waals surface area contributed by atoms with Crippen molar-refractivity contribution in [2.45, 2.75) is 13.3 Å². The lowest BCUT2D eigenvalue weighted by atomic mass is 9.97. The number of carbonyl (C=O) groups is 2. The zero-order valence-corrected chi connectivity index (χ0v) is 10.1. The average Bonchev–Trinajstić information content (AvgIpc) is 2.17. The summed E-state index contributed by atoms with van der Waals surface area (Å²) in [6.07, 6.45) is 0.290. The summed E-state index contributed by atoms with van der Waals surface area (Å²) in [5.74, 6) is -0.372. The maximum absolute atomic E-state index is 11.8. The largest absolute Gasteiger partial charge is 0.281 e. The third kappa shape index (κ3) is 1.59. The van der Waals surface area contributed by atoms with E-state index in [9.17, 15) is 9.59 Å². The molecule has 0 bridgehead atoms. The molecule has 0 unspecified atom stereocenters. The van der Waals surface area contributed by atoms with Crippen LogP contribution in [0.2, 0.25) is 0 Å². The fraction of sp³-hybridized carbons (Fsp3) is 0.273. The molecule has 0 saturated heterocycles. The van der Waals surface area contributed by atoms with Gasteiger partial charge in [0, 0.05) is 17.1 Å². The van der Waals surface area contributed by atoms with E-state index in [-0.39, 0.29) is 11.8 Å². The number of carbonyl (C=O) groups excluding carboxylic acids is 2. The molecule has 2 amide bonds. The summed E-state index contributed by atoms with van der Waals surface area (Å²) in [6, 6.07) is 3.75. The van der Waals surface area contributed by atoms with Gasteiger partial charge in [-0.3, -0.25) is 14.5 Å². The van der Waals surface area contributed by atoms with E-state index in [2.05, 4.69) is 15.9 Å². The molecule has 1 heterocycles. The van der Waals surface area contributed by atoms with E-state index < -0.39 is 0 Å². The quantitative estimate of drug-likeness (QED) is 0.674. The molecular formula is C11H10BrNO2. The number of rotatable bonds is 0. The van der Waals surface area contributed by atoms with Crippen molar-refractivity contribution >= 4 is 27.7 Å². The van der Waals surface area contributed by atoms with Crippen LogP contribution in [0.15, 0.2) is 16.6 Å². The van der Waals surface area contributed by atoms with Crippen molar-refractivity contribution < 1.29 is 9.59 Å². The van der Waals surface area contributed by atoms with Crippen molar-refractivity contribution in [3.8, 4) is 0 Å². The fourth-order valence-electron chi connectivity index (χ4n) is 1.71. The smallest absolute Gasteiger partial charge is 0.260 e. The molecule has 0 aromatic heterocycles. The van der Waals surface area contributed by atoms with E-state index in [1.54, 1.807) is 0 Å². The minimum atomic E-state index is -0.217. The first-order valence-corrected chi connectivity index (χ1v) is 5.40. The highest BCUT2D eigenvalue weighted by molar-refractivity contribution is 9.10. The van der Waals surface area contributed by atoms with Crippen LogP contribution in [0.3, 0.4) is 0 Å². The normalized spacial score (nSPS) is 15.5. The maximum Gasteiger partial charge on any atom is 0.260 e. The van der Waals surface area contributed by atoms with Crippen LogP contribution in [0.25, 0.3) is 0 Å². The molecule has 0 spiro atoms. The van der Waals surface area contributed by atoms with Crippen molar-refractivity contribution in [1.82, 2.24) is 4.90 Å². The molecule has 1 aromatic carbocycles. The van der Waals surface area contributed by atoms with Gasteiger partial charge in [0.1, 0.15) is 0 Å². The molecule has 0 N–H and O–H groups in total. The van der Waals surface area contributed by atoms with Gasteiger partial charge >= 0.3 is 0 Å². The number of amides is 2. The molecule has 1 aromatic rings. The second-order valence-electron chi connectivity index (χ2n) is 3.71. The van der Waals surface area contributed by atoms with Gasteiger partial charge in [-0.1, -0.05) is 15.9 Å². The molecule has 1 aliphatic rings. The minimum Gasteiger partial charge on any atom is -0.281 e. The number of aryl methyl sites for hydroxylation is 1. The number of hydrogen-bond donors (Lipinski definition) is 0. The highest BCUT2D eigenvalue weighted by atomic mass is 79.9. The van der Waals surface area contributed by atoms with Gasteiger partial charge < -0.3 is 0 Å². The number of nitrogens with zero attached hydrogens (tertiary/aromatic N) is 1. The Hall–Kier alpha value is -1.16. The Morgan fingerprint density at radius 3 is 2.67 bits per heavy atom. The molecular weight excluding hydrogens is 258 g/mol. The van der Waals surface area contributed by atoms with Crippen LogP contribution in [-0.4, -0.2) is 23.8 Å². The van der Waals surface area contributed by atoms with Crippen molar-refractivity contribution in [3.63, 3.8) is 0 Å². The maximum atomic E-state index is 11.8. The molecule has 0 atom stereocenters. The van der Waals surface area contributed by atoms with Crippen LogP contribution in [0.4, 0.5) is 0 Å². The second kappa shape index (κ2) is 3.45. The molecule has 0 saturated carbocycles. The lowest BCUT2D eigenvalue weighted by Gasteiger charge is -2.24. The zero-order valence-electron chi connectivity index (χ0n) is 8.50. The Morgan fingerprint density at radius 1 is 1.33 bits per heavy atom. The van der Waals surface area contributed by atoms with Gasteiger partial charge in [-0.15, -0.1) is 0 Å². The third-order valence-electron chi connectivity index (χ3n) is 2.58. The first-order chi connectivity index (χ1) is 7.00. The molecule has 15 heavy (non-hydrogen) atoms. The molecule has 0 fully saturated rings. The second-order valence-corrected chi connectivity index (χ2v) is 4.56. The van der Waals surface area contributed by atoms with Crippen molar-refractivity contribution in [3.05, 3.63) is 33.3 Å². The Balaban J connectivity index is 2.65. The van der Waals surface area contributed by atoms with Crippen LogP contribution in [0.5, 0.6) is 0 Å². The minimum absolute atomic E-state index is 0.156. The van der Waals surface area contributed by atoms with Gasteiger partial charge in [-0.2, -0.15) is 0 Å². The molecule has 1 aliphatic heterocycles. The predicted molar refractivity (Wildman–Crippen MR) is 59.7 cm³/mol. The SMILES string of the molecule is Cc1cc(Br)c2c(c1)C(=O)N(C)C(=O)C2. The highest BCUT2D eigenvalue weighted by Gasteiger charge is 2.29. The van der Waals surface area contributed by atoms with Crippen LogP contribution < -0.4 is 0 Å². The monoisotopic (exact) mass is 267 g/mol. The van der Waals surface area contributed by atoms with Crippen molar-refractivity contribution in [2.75, 3.05) is 7.05 Å². The summed E-state index contributed by atoms with van der Waals surface area (Å²) in [5.41, 5.74) is 2.44. The molecule has 0 aliphatic carbocycles. The Kier molecular flexibility index (Phi) is 2.38. The number of likely N-dealkylation sites (N-methyl/N-ethyl adjacent to an activating group) is 1. The Bertz CT molecular complexity index is 468. The summed E-state index contributed by atoms with van der Waals surface area (Å²) in [5, 5.41) is 0. The molecule has 78 valence electrons. The van der Waals surface area contributed by atoms with Gasteiger partial charge in [0.2, 0.25) is 5.91 Å². The molecule has 0 radical (unpaired) electrons. The van der Waals surface area contributed by atoms with Gasteiger partial charge in [0.05, 0.1) is 6.42 Å². The Labute approximate surface area is 96.2 Å². The predicted octanol–water partition coefficient (Wildman–Crippen LogP) is 1.91. The van der Waals surface area contributed by atoms with Gasteiger partial charge in [0.25, 0.3) is 5.91 Å². The summed E-state index contributed by atoms with van der Waals surface area (Å²) in [6.45, 7) is 1.93. The summed E-state index contributed by atoms with van der Waals surface area (Å²) < 4.78 is 0.840. The Morgan fingerprint density at radius 2 is 2.00 bits per heavy atom. The topological polar surface area (TPSA) is 37.4 Å². The van der Waals surface area contributed by atoms with E-state index in [0.29, 0.717) is 12.0 Å². The number of imide groups is 1. The van der Waals surface area contributed by atoms with Gasteiger partial charge in [-0.25, -0.2) is 0 Å². The third-order valence-corrected chi connectivity index (χ3v) is 3.28. The summed E-state index contributed by atoms with van der Waals surface area (Å²) >= 11 is 3.38. The summed E-state index contributed by atoms with van der Waals surface area (Å²) in [7, 11) is 1.52. The van der Waals surface area contributed by atoms with E-state index in [1.807, 2.05) is 19.1 Å². The van der Waals surface area contributed by atoms with Crippen molar-refractivity contribution in [2.24, 2.45) is 0 Å². The van der Waals surface area contributed by atoms with Crippen LogP contribution in [-0.2, 0) is 11.2 Å². The molecule has 4 heteroatoms. The lowest BCUT2D eigenvalue weighted by molar-refractivity contribution is -0.127. The number of halogens is 1. The lowest BCUT2D eigenvalue weighted by Crippen LogP contribution is -2.39. The zero-order chi connectivity index (χ0) is 11.2. The van der Waals surface area contributed by atoms with E-state index in [0.717, 1.165) is 15.6 Å². The molecule has 2 rings (SSSR count).